The van der Waals surface area contributed by atoms with Gasteiger partial charge in [0.15, 0.2) is 10.6 Å². The van der Waals surface area contributed by atoms with Crippen LogP contribution < -0.4 is 10.6 Å². The highest BCUT2D eigenvalue weighted by atomic mass is 35.5. The van der Waals surface area contributed by atoms with E-state index in [4.69, 9.17) is 23.2 Å². The van der Waals surface area contributed by atoms with E-state index >= 15 is 0 Å². The lowest BCUT2D eigenvalue weighted by Gasteiger charge is -2.16. The molecular weight excluding hydrogens is 251 g/mol. The summed E-state index contributed by atoms with van der Waals surface area (Å²) in [7, 11) is 0. The molecule has 6 heteroatoms. The number of amides is 1. The molecule has 16 heavy (non-hydrogen) atoms. The maximum Gasteiger partial charge on any atom is 0.245 e. The van der Waals surface area contributed by atoms with E-state index in [9.17, 15) is 9.59 Å². The van der Waals surface area contributed by atoms with Crippen molar-refractivity contribution in [1.82, 2.24) is 10.6 Å². The summed E-state index contributed by atoms with van der Waals surface area (Å²) < 4.78 is 0. The van der Waals surface area contributed by atoms with Crippen molar-refractivity contribution >= 4 is 34.9 Å². The Labute approximate surface area is 105 Å². The third-order valence-electron chi connectivity index (χ3n) is 1.65. The second kappa shape index (κ2) is 8.33. The summed E-state index contributed by atoms with van der Waals surface area (Å²) >= 11 is 10.9. The highest BCUT2D eigenvalue weighted by molar-refractivity contribution is 6.55. The van der Waals surface area contributed by atoms with Crippen molar-refractivity contribution in [2.75, 3.05) is 13.1 Å². The summed E-state index contributed by atoms with van der Waals surface area (Å²) in [5, 5.41) is 5.16. The van der Waals surface area contributed by atoms with Gasteiger partial charge in [-0.15, -0.1) is 13.2 Å². The van der Waals surface area contributed by atoms with Crippen LogP contribution in [0, 0.1) is 0 Å². The second-order valence-electron chi connectivity index (χ2n) is 2.87. The van der Waals surface area contributed by atoms with Crippen molar-refractivity contribution in [2.24, 2.45) is 0 Å². The van der Waals surface area contributed by atoms with Crippen molar-refractivity contribution in [3.63, 3.8) is 0 Å². The number of hydrogen-bond acceptors (Lipinski definition) is 3. The van der Waals surface area contributed by atoms with Gasteiger partial charge in [-0.25, -0.2) is 0 Å². The molecule has 0 bridgehead atoms. The summed E-state index contributed by atoms with van der Waals surface area (Å²) in [4.78, 5) is 21.8. The van der Waals surface area contributed by atoms with Crippen molar-refractivity contribution in [3.8, 4) is 0 Å². The van der Waals surface area contributed by atoms with Crippen molar-refractivity contribution in [1.29, 1.82) is 0 Å². The number of carbonyl (C=O) groups excluding carboxylic acids is 2. The minimum Gasteiger partial charge on any atom is -0.351 e. The predicted octanol–water partition coefficient (Wildman–Crippen LogP) is 0.806. The normalized spacial score (nSPS) is 11.9. The van der Waals surface area contributed by atoms with Crippen LogP contribution in [0.3, 0.4) is 0 Å². The fourth-order valence-corrected chi connectivity index (χ4v) is 1.18. The largest absolute Gasteiger partial charge is 0.351 e. The SMILES string of the molecule is C=CCNC(=O)C(NCC=C)C(=O)C(Cl)Cl. The van der Waals surface area contributed by atoms with E-state index in [0.29, 0.717) is 6.54 Å². The minimum atomic E-state index is -1.24. The Morgan fingerprint density at radius 1 is 1.19 bits per heavy atom. The third kappa shape index (κ3) is 5.30. The molecule has 0 saturated carbocycles. The Kier molecular flexibility index (Phi) is 7.89. The average molecular weight is 265 g/mol. The Morgan fingerprint density at radius 3 is 2.19 bits per heavy atom. The van der Waals surface area contributed by atoms with E-state index in [1.165, 1.54) is 12.2 Å². The highest BCUT2D eigenvalue weighted by Crippen LogP contribution is 2.06. The molecule has 0 saturated heterocycles. The van der Waals surface area contributed by atoms with Crippen molar-refractivity contribution < 1.29 is 9.59 Å². The Balaban J connectivity index is 4.51. The number of Topliss-reactive ketones (excluding diaryl/α,β-unsaturated/α-hetero) is 1. The number of nitrogens with one attached hydrogen (secondary N) is 2. The quantitative estimate of drug-likeness (QED) is 0.388. The van der Waals surface area contributed by atoms with Crippen molar-refractivity contribution in [3.05, 3.63) is 25.3 Å². The number of halogens is 2. The molecule has 0 aromatic rings. The molecule has 4 nitrogen and oxygen atoms in total. The van der Waals surface area contributed by atoms with Crippen LogP contribution in [-0.2, 0) is 9.59 Å². The van der Waals surface area contributed by atoms with Gasteiger partial charge in [0.2, 0.25) is 5.91 Å². The van der Waals surface area contributed by atoms with Gasteiger partial charge in [-0.05, 0) is 0 Å². The van der Waals surface area contributed by atoms with Gasteiger partial charge < -0.3 is 5.32 Å². The van der Waals surface area contributed by atoms with Crippen LogP contribution in [-0.4, -0.2) is 35.7 Å². The van der Waals surface area contributed by atoms with Gasteiger partial charge in [0.1, 0.15) is 6.04 Å². The summed E-state index contributed by atoms with van der Waals surface area (Å²) in [5.41, 5.74) is 0. The molecule has 1 unspecified atom stereocenters. The Hall–Kier alpha value is -0.840. The fourth-order valence-electron chi connectivity index (χ4n) is 0.924. The Bertz CT molecular complexity index is 280. The molecule has 0 fully saturated rings. The summed E-state index contributed by atoms with van der Waals surface area (Å²) in [5.74, 6) is -1.08. The van der Waals surface area contributed by atoms with Crippen LogP contribution in [0.25, 0.3) is 0 Å². The number of ketones is 1. The molecule has 0 spiro atoms. The van der Waals surface area contributed by atoms with Gasteiger partial charge in [0, 0.05) is 13.1 Å². The van der Waals surface area contributed by atoms with Gasteiger partial charge >= 0.3 is 0 Å². The Morgan fingerprint density at radius 2 is 1.75 bits per heavy atom. The topological polar surface area (TPSA) is 58.2 Å². The van der Waals surface area contributed by atoms with Crippen LogP contribution in [0.2, 0.25) is 0 Å². The molecule has 0 radical (unpaired) electrons. The van der Waals surface area contributed by atoms with E-state index < -0.39 is 22.6 Å². The van der Waals surface area contributed by atoms with E-state index in [2.05, 4.69) is 23.8 Å². The van der Waals surface area contributed by atoms with Gasteiger partial charge in [0.25, 0.3) is 0 Å². The lowest BCUT2D eigenvalue weighted by molar-refractivity contribution is -0.130. The van der Waals surface area contributed by atoms with Crippen LogP contribution >= 0.6 is 23.2 Å². The molecule has 0 aliphatic heterocycles. The lowest BCUT2D eigenvalue weighted by Crippen LogP contribution is -2.51. The highest BCUT2D eigenvalue weighted by Gasteiger charge is 2.29. The molecule has 2 N–H and O–H groups in total. The molecule has 0 heterocycles. The van der Waals surface area contributed by atoms with Crippen LogP contribution in [0.5, 0.6) is 0 Å². The molecule has 90 valence electrons. The first-order chi connectivity index (χ1) is 7.54. The molecule has 0 rings (SSSR count). The summed E-state index contributed by atoms with van der Waals surface area (Å²) in [6.45, 7) is 7.49. The summed E-state index contributed by atoms with van der Waals surface area (Å²) in [6.07, 6.45) is 3.03. The van der Waals surface area contributed by atoms with Gasteiger partial charge in [-0.1, -0.05) is 35.4 Å². The zero-order chi connectivity index (χ0) is 12.6. The smallest absolute Gasteiger partial charge is 0.245 e. The number of alkyl halides is 2. The zero-order valence-corrected chi connectivity index (χ0v) is 10.2. The van der Waals surface area contributed by atoms with Gasteiger partial charge in [-0.2, -0.15) is 0 Å². The number of carbonyl (C=O) groups is 2. The molecule has 1 amide bonds. The standard InChI is InChI=1S/C10H14Cl2N2O2/c1-3-5-13-7(8(15)9(11)12)10(16)14-6-4-2/h3-4,7,9,13H,1-2,5-6H2,(H,14,16). The van der Waals surface area contributed by atoms with Crippen LogP contribution in [0.4, 0.5) is 0 Å². The van der Waals surface area contributed by atoms with Gasteiger partial charge in [0.05, 0.1) is 0 Å². The van der Waals surface area contributed by atoms with Crippen molar-refractivity contribution in [2.45, 2.75) is 10.9 Å². The zero-order valence-electron chi connectivity index (χ0n) is 8.71. The molecule has 0 aromatic carbocycles. The molecule has 0 aromatic heterocycles. The number of hydrogen-bond donors (Lipinski definition) is 2. The fraction of sp³-hybridized carbons (Fsp3) is 0.400. The molecule has 1 atom stereocenters. The van der Waals surface area contributed by atoms with Crippen LogP contribution in [0.15, 0.2) is 25.3 Å². The maximum absolute atomic E-state index is 11.6. The molecular formula is C10H14Cl2N2O2. The van der Waals surface area contributed by atoms with Gasteiger partial charge in [-0.3, -0.25) is 14.9 Å². The summed E-state index contributed by atoms with van der Waals surface area (Å²) in [6, 6.07) is -1.07. The van der Waals surface area contributed by atoms with Crippen LogP contribution in [0.1, 0.15) is 0 Å². The first kappa shape index (κ1) is 15.2. The first-order valence-corrected chi connectivity index (χ1v) is 5.46. The second-order valence-corrected chi connectivity index (χ2v) is 3.96. The predicted molar refractivity (Wildman–Crippen MR) is 65.7 cm³/mol. The van der Waals surface area contributed by atoms with E-state index in [-0.39, 0.29) is 6.54 Å². The molecule has 0 aliphatic carbocycles. The maximum atomic E-state index is 11.6. The first-order valence-electron chi connectivity index (χ1n) is 4.59. The lowest BCUT2D eigenvalue weighted by atomic mass is 10.2. The third-order valence-corrected chi connectivity index (χ3v) is 2.08. The molecule has 0 aliphatic rings. The van der Waals surface area contributed by atoms with E-state index in [0.717, 1.165) is 0 Å². The monoisotopic (exact) mass is 264 g/mol. The number of rotatable bonds is 8. The average Bonchev–Trinajstić information content (AvgIpc) is 2.26. The van der Waals surface area contributed by atoms with E-state index in [1.807, 2.05) is 0 Å². The van der Waals surface area contributed by atoms with E-state index in [1.54, 1.807) is 0 Å². The minimum absolute atomic E-state index is 0.271.